The average Bonchev–Trinajstić information content (AvgIpc) is 2.61. The molecular weight excluding hydrogens is 399 g/mol. The van der Waals surface area contributed by atoms with Gasteiger partial charge in [0.25, 0.3) is 0 Å². The average molecular weight is 415 g/mol. The molecule has 2 aromatic rings. The van der Waals surface area contributed by atoms with Gasteiger partial charge in [0.15, 0.2) is 0 Å². The van der Waals surface area contributed by atoms with Crippen LogP contribution < -0.4 is 15.8 Å². The van der Waals surface area contributed by atoms with E-state index in [0.29, 0.717) is 17.3 Å². The number of hydrogen-bond donors (Lipinski definition) is 3. The van der Waals surface area contributed by atoms with E-state index in [1.54, 1.807) is 12.1 Å². The van der Waals surface area contributed by atoms with Crippen LogP contribution in [0.3, 0.4) is 0 Å². The number of anilines is 1. The predicted octanol–water partition coefficient (Wildman–Crippen LogP) is 1.65. The van der Waals surface area contributed by atoms with Gasteiger partial charge in [-0.3, -0.25) is 9.59 Å². The summed E-state index contributed by atoms with van der Waals surface area (Å²) in [5.74, 6) is -1.24. The second-order valence-corrected chi connectivity index (χ2v) is 7.51. The van der Waals surface area contributed by atoms with Crippen molar-refractivity contribution in [3.8, 4) is 0 Å². The molecule has 0 radical (unpaired) electrons. The Morgan fingerprint density at radius 1 is 1.04 bits per heavy atom. The number of benzene rings is 2. The highest BCUT2D eigenvalue weighted by Crippen LogP contribution is 2.30. The maximum Gasteiger partial charge on any atom is 0.416 e. The summed E-state index contributed by atoms with van der Waals surface area (Å²) in [6, 6.07) is 9.30. The van der Waals surface area contributed by atoms with Crippen molar-refractivity contribution < 1.29 is 31.2 Å². The van der Waals surface area contributed by atoms with Crippen LogP contribution >= 0.6 is 0 Å². The third-order valence-corrected chi connectivity index (χ3v) is 4.91. The molecule has 0 bridgehead atoms. The molecule has 0 atom stereocenters. The fourth-order valence-electron chi connectivity index (χ4n) is 2.20. The lowest BCUT2D eigenvalue weighted by atomic mass is 10.1. The minimum atomic E-state index is -4.69. The number of primary amides is 1. The van der Waals surface area contributed by atoms with Crippen LogP contribution in [0.25, 0.3) is 0 Å². The number of nitrogens with two attached hydrogens (primary N) is 1. The van der Waals surface area contributed by atoms with Crippen LogP contribution in [0, 0.1) is 0 Å². The van der Waals surface area contributed by atoms with Gasteiger partial charge < -0.3 is 11.1 Å². The molecule has 2 rings (SSSR count). The molecule has 7 nitrogen and oxygen atoms in total. The number of carbonyl (C=O) groups is 2. The number of amides is 2. The zero-order chi connectivity index (χ0) is 20.9. The first-order valence-corrected chi connectivity index (χ1v) is 9.30. The molecule has 0 aliphatic carbocycles. The molecule has 0 saturated carbocycles. The van der Waals surface area contributed by atoms with Gasteiger partial charge in [0.2, 0.25) is 21.8 Å². The van der Waals surface area contributed by atoms with Crippen LogP contribution in [0.1, 0.15) is 11.1 Å². The second kappa shape index (κ2) is 8.40. The van der Waals surface area contributed by atoms with Crippen molar-refractivity contribution in [2.45, 2.75) is 17.5 Å². The molecule has 0 aliphatic rings. The summed E-state index contributed by atoms with van der Waals surface area (Å²) in [5, 5.41) is 2.42. The molecule has 0 fully saturated rings. The van der Waals surface area contributed by atoms with Gasteiger partial charge in [-0.15, -0.1) is 0 Å². The Bertz CT molecular complexity index is 974. The number of rotatable bonds is 7. The van der Waals surface area contributed by atoms with E-state index in [9.17, 15) is 31.2 Å². The van der Waals surface area contributed by atoms with Gasteiger partial charge in [0, 0.05) is 5.69 Å². The highest BCUT2D eigenvalue weighted by atomic mass is 32.2. The van der Waals surface area contributed by atoms with Crippen LogP contribution in [0.5, 0.6) is 0 Å². The lowest BCUT2D eigenvalue weighted by molar-refractivity contribution is -0.137. The number of nitrogens with one attached hydrogen (secondary N) is 2. The molecule has 11 heteroatoms. The number of hydrogen-bond acceptors (Lipinski definition) is 4. The normalized spacial score (nSPS) is 11.8. The molecule has 0 aromatic heterocycles. The van der Waals surface area contributed by atoms with Crippen LogP contribution in [-0.4, -0.2) is 26.8 Å². The minimum absolute atomic E-state index is 0.0328. The monoisotopic (exact) mass is 415 g/mol. The fourth-order valence-corrected chi connectivity index (χ4v) is 3.22. The van der Waals surface area contributed by atoms with Gasteiger partial charge in [-0.2, -0.15) is 13.2 Å². The summed E-state index contributed by atoms with van der Waals surface area (Å²) in [6.45, 7) is -0.679. The molecule has 28 heavy (non-hydrogen) atoms. The minimum Gasteiger partial charge on any atom is -0.369 e. The Morgan fingerprint density at radius 2 is 1.68 bits per heavy atom. The quantitative estimate of drug-likeness (QED) is 0.637. The highest BCUT2D eigenvalue weighted by molar-refractivity contribution is 7.89. The molecule has 2 amide bonds. The largest absolute Gasteiger partial charge is 0.416 e. The van der Waals surface area contributed by atoms with Crippen molar-refractivity contribution in [2.24, 2.45) is 5.73 Å². The summed E-state index contributed by atoms with van der Waals surface area (Å²) in [5.41, 5.74) is 4.93. The van der Waals surface area contributed by atoms with E-state index < -0.39 is 45.0 Å². The maximum atomic E-state index is 12.7. The lowest BCUT2D eigenvalue weighted by Crippen LogP contribution is -2.33. The first-order chi connectivity index (χ1) is 13.0. The Hall–Kier alpha value is -2.92. The van der Waals surface area contributed by atoms with E-state index in [4.69, 9.17) is 5.73 Å². The van der Waals surface area contributed by atoms with E-state index in [0.717, 1.165) is 18.2 Å². The molecular formula is C17H16F3N3O4S. The predicted molar refractivity (Wildman–Crippen MR) is 94.6 cm³/mol. The van der Waals surface area contributed by atoms with E-state index in [2.05, 4.69) is 5.32 Å². The van der Waals surface area contributed by atoms with Crippen molar-refractivity contribution in [1.82, 2.24) is 4.72 Å². The first kappa shape index (κ1) is 21.4. The third-order valence-electron chi connectivity index (χ3n) is 3.51. The van der Waals surface area contributed by atoms with Gasteiger partial charge in [-0.25, -0.2) is 13.1 Å². The van der Waals surface area contributed by atoms with Gasteiger partial charge in [0.1, 0.15) is 0 Å². The lowest BCUT2D eigenvalue weighted by Gasteiger charge is -2.11. The number of carbonyl (C=O) groups excluding carboxylic acids is 2. The summed E-state index contributed by atoms with van der Waals surface area (Å²) < 4.78 is 64.3. The maximum absolute atomic E-state index is 12.7. The molecule has 0 saturated heterocycles. The van der Waals surface area contributed by atoms with E-state index in [1.165, 1.54) is 12.1 Å². The Balaban J connectivity index is 1.99. The van der Waals surface area contributed by atoms with Crippen molar-refractivity contribution >= 4 is 27.5 Å². The van der Waals surface area contributed by atoms with E-state index in [1.807, 2.05) is 4.72 Å². The van der Waals surface area contributed by atoms with Crippen molar-refractivity contribution in [3.63, 3.8) is 0 Å². The van der Waals surface area contributed by atoms with Crippen molar-refractivity contribution in [2.75, 3.05) is 11.9 Å². The fraction of sp³-hybridized carbons (Fsp3) is 0.176. The van der Waals surface area contributed by atoms with Crippen LogP contribution in [0.2, 0.25) is 0 Å². The first-order valence-electron chi connectivity index (χ1n) is 7.81. The zero-order valence-electron chi connectivity index (χ0n) is 14.3. The molecule has 150 valence electrons. The standard InChI is InChI=1S/C17H16F3N3O4S/c18-17(19,20)12-2-1-3-14(9-12)28(26,27)22-10-16(25)23-13-6-4-11(5-7-13)8-15(21)24/h1-7,9,22H,8,10H2,(H2,21,24)(H,23,25). The van der Waals surface area contributed by atoms with E-state index in [-0.39, 0.29) is 6.42 Å². The zero-order valence-corrected chi connectivity index (χ0v) is 15.1. The Kier molecular flexibility index (Phi) is 6.41. The van der Waals surface area contributed by atoms with E-state index >= 15 is 0 Å². The second-order valence-electron chi connectivity index (χ2n) is 5.74. The molecule has 0 aliphatic heterocycles. The highest BCUT2D eigenvalue weighted by Gasteiger charge is 2.31. The van der Waals surface area contributed by atoms with Gasteiger partial charge in [-0.05, 0) is 35.9 Å². The molecule has 0 spiro atoms. The van der Waals surface area contributed by atoms with Gasteiger partial charge in [0.05, 0.1) is 23.4 Å². The van der Waals surface area contributed by atoms with Crippen LogP contribution in [0.4, 0.5) is 18.9 Å². The SMILES string of the molecule is NC(=O)Cc1ccc(NC(=O)CNS(=O)(=O)c2cccc(C(F)(F)F)c2)cc1. The number of halogens is 3. The van der Waals surface area contributed by atoms with Gasteiger partial charge in [-0.1, -0.05) is 18.2 Å². The van der Waals surface area contributed by atoms with Crippen molar-refractivity contribution in [3.05, 3.63) is 59.7 Å². The Morgan fingerprint density at radius 3 is 2.25 bits per heavy atom. The van der Waals surface area contributed by atoms with Crippen molar-refractivity contribution in [1.29, 1.82) is 0 Å². The third kappa shape index (κ3) is 6.06. The van der Waals surface area contributed by atoms with Crippen LogP contribution in [0.15, 0.2) is 53.4 Å². The van der Waals surface area contributed by atoms with Gasteiger partial charge >= 0.3 is 6.18 Å². The summed E-state index contributed by atoms with van der Waals surface area (Å²) in [7, 11) is -4.31. The Labute approximate surface area is 158 Å². The molecule has 4 N–H and O–H groups in total. The number of sulfonamides is 1. The topological polar surface area (TPSA) is 118 Å². The molecule has 0 heterocycles. The molecule has 0 unspecified atom stereocenters. The summed E-state index contributed by atoms with van der Waals surface area (Å²) >= 11 is 0. The number of alkyl halides is 3. The smallest absolute Gasteiger partial charge is 0.369 e. The van der Waals surface area contributed by atoms with Crippen LogP contribution in [-0.2, 0) is 32.2 Å². The molecule has 2 aromatic carbocycles. The summed E-state index contributed by atoms with van der Waals surface area (Å²) in [6.07, 6.45) is -4.66. The summed E-state index contributed by atoms with van der Waals surface area (Å²) in [4.78, 5) is 22.1.